The second kappa shape index (κ2) is 15.7. The van der Waals surface area contributed by atoms with Crippen LogP contribution in [0.2, 0.25) is 0 Å². The van der Waals surface area contributed by atoms with Gasteiger partial charge in [-0.05, 0) is 24.9 Å². The quantitative estimate of drug-likeness (QED) is 0.0918. The lowest BCUT2D eigenvalue weighted by Gasteiger charge is -2.24. The fourth-order valence-electron chi connectivity index (χ4n) is 3.12. The molecule has 0 saturated carbocycles. The summed E-state index contributed by atoms with van der Waals surface area (Å²) in [6, 6.07) is 3.98. The Balaban J connectivity index is 2.96. The van der Waals surface area contributed by atoms with E-state index in [1.807, 2.05) is 0 Å². The number of benzene rings is 1. The van der Waals surface area contributed by atoms with E-state index in [2.05, 4.69) is 28.6 Å². The zero-order chi connectivity index (χ0) is 26.4. The highest BCUT2D eigenvalue weighted by molar-refractivity contribution is 7.80. The third-order valence-electron chi connectivity index (χ3n) is 5.06. The number of hydrogen-bond donors (Lipinski definition) is 8. The molecule has 194 valence electrons. The molecule has 4 amide bonds. The van der Waals surface area contributed by atoms with Gasteiger partial charge >= 0.3 is 5.97 Å². The lowest BCUT2D eigenvalue weighted by atomic mass is 10.0. The van der Waals surface area contributed by atoms with Gasteiger partial charge in [-0.1, -0.05) is 36.8 Å². The van der Waals surface area contributed by atoms with Gasteiger partial charge in [0.2, 0.25) is 23.6 Å². The Morgan fingerprint density at radius 2 is 1.46 bits per heavy atom. The minimum absolute atomic E-state index is 0.0210. The van der Waals surface area contributed by atoms with E-state index in [9.17, 15) is 29.1 Å². The number of unbranched alkanes of at least 4 members (excludes halogenated alkanes) is 1. The number of hydrogen-bond acceptors (Lipinski definition) is 8. The van der Waals surface area contributed by atoms with Crippen LogP contribution in [0.5, 0.6) is 0 Å². The second-order valence-corrected chi connectivity index (χ2v) is 8.32. The molecule has 0 aliphatic rings. The first-order chi connectivity index (χ1) is 16.6. The predicted octanol–water partition coefficient (Wildman–Crippen LogP) is -1.97. The Morgan fingerprint density at radius 1 is 0.886 bits per heavy atom. The van der Waals surface area contributed by atoms with Crippen molar-refractivity contribution in [2.45, 2.75) is 56.3 Å². The second-order valence-electron chi connectivity index (χ2n) is 7.96. The predicted molar refractivity (Wildman–Crippen MR) is 132 cm³/mol. The van der Waals surface area contributed by atoms with Gasteiger partial charge in [0.05, 0.1) is 12.5 Å². The number of rotatable bonds is 16. The first-order valence-corrected chi connectivity index (χ1v) is 11.7. The minimum Gasteiger partial charge on any atom is -0.480 e. The van der Waals surface area contributed by atoms with Gasteiger partial charge in [0.1, 0.15) is 18.1 Å². The van der Waals surface area contributed by atoms with Crippen LogP contribution >= 0.6 is 12.6 Å². The van der Waals surface area contributed by atoms with Crippen LogP contribution in [0.3, 0.4) is 0 Å². The highest BCUT2D eigenvalue weighted by Gasteiger charge is 2.30. The van der Waals surface area contributed by atoms with Crippen LogP contribution in [-0.2, 0) is 30.4 Å². The van der Waals surface area contributed by atoms with Crippen molar-refractivity contribution in [3.8, 4) is 0 Å². The summed E-state index contributed by atoms with van der Waals surface area (Å²) in [4.78, 5) is 60.8. The number of aliphatic carboxylic acids is 1. The highest BCUT2D eigenvalue weighted by Crippen LogP contribution is 2.06. The van der Waals surface area contributed by atoms with Crippen molar-refractivity contribution < 1.29 is 29.1 Å². The van der Waals surface area contributed by atoms with E-state index in [-0.39, 0.29) is 12.2 Å². The lowest BCUT2D eigenvalue weighted by molar-refractivity contribution is -0.143. The zero-order valence-corrected chi connectivity index (χ0v) is 20.2. The van der Waals surface area contributed by atoms with Crippen LogP contribution < -0.4 is 33.2 Å². The van der Waals surface area contributed by atoms with Gasteiger partial charge in [-0.15, -0.1) is 0 Å². The van der Waals surface area contributed by atoms with Gasteiger partial charge < -0.3 is 38.3 Å². The van der Waals surface area contributed by atoms with Crippen LogP contribution in [0.1, 0.15) is 31.2 Å². The fourth-order valence-corrected chi connectivity index (χ4v) is 3.37. The Morgan fingerprint density at radius 3 is 2.00 bits per heavy atom. The third kappa shape index (κ3) is 11.2. The molecule has 13 heteroatoms. The standard InChI is InChI=1S/C22H34N6O6S/c23-9-5-4-8-14(24)19(30)28-17(12-35)21(32)26-15(10-13-6-2-1-3-7-13)20(31)27-16(22(33)34)11-18(25)29/h1-3,6-7,14-17,35H,4-5,8-12,23-24H2,(H2,25,29)(H,26,32)(H,27,31)(H,28,30)(H,33,34). The Hall–Kier alpha value is -3.16. The molecule has 10 N–H and O–H groups in total. The topological polar surface area (TPSA) is 220 Å². The molecule has 0 saturated heterocycles. The molecule has 0 heterocycles. The first kappa shape index (κ1) is 29.9. The molecular weight excluding hydrogens is 476 g/mol. The Labute approximate surface area is 209 Å². The molecule has 0 bridgehead atoms. The summed E-state index contributed by atoms with van der Waals surface area (Å²) in [7, 11) is 0. The number of carboxylic acids is 1. The summed E-state index contributed by atoms with van der Waals surface area (Å²) in [5.41, 5.74) is 17.1. The molecule has 0 aliphatic carbocycles. The van der Waals surface area contributed by atoms with E-state index in [1.54, 1.807) is 30.3 Å². The maximum absolute atomic E-state index is 12.9. The summed E-state index contributed by atoms with van der Waals surface area (Å²) in [5, 5.41) is 16.6. The van der Waals surface area contributed by atoms with E-state index >= 15 is 0 Å². The van der Waals surface area contributed by atoms with Crippen LogP contribution in [0.4, 0.5) is 0 Å². The van der Waals surface area contributed by atoms with Crippen molar-refractivity contribution in [3.63, 3.8) is 0 Å². The Bertz CT molecular complexity index is 871. The molecule has 0 spiro atoms. The van der Waals surface area contributed by atoms with Gasteiger partial charge in [-0.3, -0.25) is 19.2 Å². The summed E-state index contributed by atoms with van der Waals surface area (Å²) in [5.74, 6) is -4.54. The monoisotopic (exact) mass is 510 g/mol. The Kier molecular flexibility index (Phi) is 13.4. The first-order valence-electron chi connectivity index (χ1n) is 11.1. The van der Waals surface area contributed by atoms with E-state index < -0.39 is 60.2 Å². The smallest absolute Gasteiger partial charge is 0.326 e. The van der Waals surface area contributed by atoms with Crippen molar-refractivity contribution in [2.75, 3.05) is 12.3 Å². The molecule has 12 nitrogen and oxygen atoms in total. The lowest BCUT2D eigenvalue weighted by Crippen LogP contribution is -2.58. The number of nitrogens with two attached hydrogens (primary N) is 3. The van der Waals surface area contributed by atoms with Crippen LogP contribution in [0, 0.1) is 0 Å². The highest BCUT2D eigenvalue weighted by atomic mass is 32.1. The van der Waals surface area contributed by atoms with E-state index in [0.717, 1.165) is 0 Å². The molecule has 0 aliphatic heterocycles. The van der Waals surface area contributed by atoms with E-state index in [1.165, 1.54) is 0 Å². The number of amides is 4. The maximum Gasteiger partial charge on any atom is 0.326 e. The summed E-state index contributed by atoms with van der Waals surface area (Å²) in [6.45, 7) is 0.475. The van der Waals surface area contributed by atoms with Crippen LogP contribution in [-0.4, -0.2) is 71.2 Å². The molecule has 35 heavy (non-hydrogen) atoms. The van der Waals surface area contributed by atoms with Gasteiger partial charge in [-0.25, -0.2) is 4.79 Å². The normalized spacial score (nSPS) is 14.1. The molecular formula is C22H34N6O6S. The van der Waals surface area contributed by atoms with Crippen molar-refractivity contribution >= 4 is 42.2 Å². The van der Waals surface area contributed by atoms with Crippen molar-refractivity contribution in [2.24, 2.45) is 17.2 Å². The van der Waals surface area contributed by atoms with Gasteiger partial charge in [0, 0.05) is 12.2 Å². The van der Waals surface area contributed by atoms with Gasteiger partial charge in [0.25, 0.3) is 0 Å². The number of carboxylic acid groups (broad SMARTS) is 1. The number of carbonyl (C=O) groups excluding carboxylic acids is 4. The average molecular weight is 511 g/mol. The largest absolute Gasteiger partial charge is 0.480 e. The third-order valence-corrected chi connectivity index (χ3v) is 5.42. The van der Waals surface area contributed by atoms with Crippen molar-refractivity contribution in [1.29, 1.82) is 0 Å². The molecule has 1 rings (SSSR count). The number of primary amides is 1. The van der Waals surface area contributed by atoms with E-state index in [0.29, 0.717) is 31.4 Å². The molecule has 1 aromatic carbocycles. The molecule has 0 radical (unpaired) electrons. The molecule has 0 fully saturated rings. The summed E-state index contributed by atoms with van der Waals surface area (Å²) >= 11 is 4.11. The number of thiol groups is 1. The van der Waals surface area contributed by atoms with Crippen LogP contribution in [0.25, 0.3) is 0 Å². The SMILES string of the molecule is NCCCCC(N)C(=O)NC(CS)C(=O)NC(Cc1ccccc1)C(=O)NC(CC(N)=O)C(=O)O. The number of carbonyl (C=O) groups is 5. The molecule has 1 aromatic rings. The van der Waals surface area contributed by atoms with Crippen molar-refractivity contribution in [1.82, 2.24) is 16.0 Å². The fraction of sp³-hybridized carbons (Fsp3) is 0.500. The molecule has 4 unspecified atom stereocenters. The summed E-state index contributed by atoms with van der Waals surface area (Å²) < 4.78 is 0. The van der Waals surface area contributed by atoms with Gasteiger partial charge in [0.15, 0.2) is 0 Å². The van der Waals surface area contributed by atoms with Gasteiger partial charge in [-0.2, -0.15) is 12.6 Å². The maximum atomic E-state index is 12.9. The number of nitrogens with one attached hydrogen (secondary N) is 3. The molecule has 4 atom stereocenters. The summed E-state index contributed by atoms with van der Waals surface area (Å²) in [6.07, 6.45) is 1.15. The molecule has 0 aromatic heterocycles. The zero-order valence-electron chi connectivity index (χ0n) is 19.3. The van der Waals surface area contributed by atoms with E-state index in [4.69, 9.17) is 17.2 Å². The minimum atomic E-state index is -1.57. The average Bonchev–Trinajstić information content (AvgIpc) is 2.81. The van der Waals surface area contributed by atoms with Crippen molar-refractivity contribution in [3.05, 3.63) is 35.9 Å². The van der Waals surface area contributed by atoms with Crippen LogP contribution in [0.15, 0.2) is 30.3 Å².